The summed E-state index contributed by atoms with van der Waals surface area (Å²) in [5.74, 6) is 5.84. The van der Waals surface area contributed by atoms with Crippen molar-refractivity contribution in [3.8, 4) is 5.75 Å². The standard InChI is InChI=1S/C13H14FN3O/c1-18-10-6-5-8(14)13-11(10)12(17-15)7-3-2-4-9(7)16-13/h5-6H,2-4,15H2,1H3,(H,16,17). The number of rotatable bonds is 2. The van der Waals surface area contributed by atoms with Gasteiger partial charge in [-0.15, -0.1) is 0 Å². The normalized spacial score (nSPS) is 13.7. The maximum absolute atomic E-state index is 13.9. The molecule has 4 nitrogen and oxygen atoms in total. The van der Waals surface area contributed by atoms with Gasteiger partial charge in [0.15, 0.2) is 0 Å². The number of nitrogen functional groups attached to an aromatic ring is 1. The second kappa shape index (κ2) is 4.10. The van der Waals surface area contributed by atoms with Crippen molar-refractivity contribution in [3.05, 3.63) is 29.2 Å². The number of aryl methyl sites for hydroxylation is 1. The van der Waals surface area contributed by atoms with Crippen molar-refractivity contribution < 1.29 is 9.13 Å². The van der Waals surface area contributed by atoms with E-state index in [2.05, 4.69) is 10.4 Å². The minimum Gasteiger partial charge on any atom is -0.496 e. The Labute approximate surface area is 104 Å². The first kappa shape index (κ1) is 11.2. The van der Waals surface area contributed by atoms with Crippen molar-refractivity contribution >= 4 is 16.6 Å². The first-order valence-corrected chi connectivity index (χ1v) is 5.91. The second-order valence-electron chi connectivity index (χ2n) is 4.38. The molecule has 1 aromatic heterocycles. The molecular formula is C13H14FN3O. The molecule has 0 bridgehead atoms. The fourth-order valence-corrected chi connectivity index (χ4v) is 2.63. The van der Waals surface area contributed by atoms with Gasteiger partial charge in [0, 0.05) is 5.69 Å². The van der Waals surface area contributed by atoms with Crippen molar-refractivity contribution in [1.82, 2.24) is 4.98 Å². The highest BCUT2D eigenvalue weighted by atomic mass is 19.1. The molecule has 1 heterocycles. The zero-order valence-electron chi connectivity index (χ0n) is 10.1. The van der Waals surface area contributed by atoms with E-state index < -0.39 is 0 Å². The fourth-order valence-electron chi connectivity index (χ4n) is 2.63. The van der Waals surface area contributed by atoms with E-state index in [-0.39, 0.29) is 5.82 Å². The smallest absolute Gasteiger partial charge is 0.149 e. The van der Waals surface area contributed by atoms with Gasteiger partial charge in [0.25, 0.3) is 0 Å². The molecule has 18 heavy (non-hydrogen) atoms. The molecule has 94 valence electrons. The second-order valence-corrected chi connectivity index (χ2v) is 4.38. The molecule has 2 aromatic rings. The zero-order chi connectivity index (χ0) is 12.7. The van der Waals surface area contributed by atoms with E-state index in [9.17, 15) is 4.39 Å². The minimum atomic E-state index is -0.350. The number of methoxy groups -OCH3 is 1. The van der Waals surface area contributed by atoms with Crippen LogP contribution in [0.1, 0.15) is 17.7 Å². The van der Waals surface area contributed by atoms with E-state index in [0.29, 0.717) is 16.7 Å². The van der Waals surface area contributed by atoms with E-state index >= 15 is 0 Å². The largest absolute Gasteiger partial charge is 0.496 e. The van der Waals surface area contributed by atoms with Gasteiger partial charge in [-0.25, -0.2) is 9.37 Å². The molecule has 1 aromatic carbocycles. The molecule has 0 saturated carbocycles. The monoisotopic (exact) mass is 247 g/mol. The van der Waals surface area contributed by atoms with Crippen LogP contribution in [-0.4, -0.2) is 12.1 Å². The lowest BCUT2D eigenvalue weighted by Crippen LogP contribution is -2.11. The van der Waals surface area contributed by atoms with E-state index in [4.69, 9.17) is 10.6 Å². The predicted molar refractivity (Wildman–Crippen MR) is 68.1 cm³/mol. The molecule has 3 N–H and O–H groups in total. The van der Waals surface area contributed by atoms with Crippen LogP contribution in [0.3, 0.4) is 0 Å². The number of anilines is 1. The first-order valence-electron chi connectivity index (χ1n) is 5.91. The van der Waals surface area contributed by atoms with Crippen LogP contribution in [0.2, 0.25) is 0 Å². The summed E-state index contributed by atoms with van der Waals surface area (Å²) >= 11 is 0. The number of pyridine rings is 1. The van der Waals surface area contributed by atoms with Gasteiger partial charge in [-0.05, 0) is 37.0 Å². The highest BCUT2D eigenvalue weighted by Gasteiger charge is 2.22. The van der Waals surface area contributed by atoms with E-state index in [1.165, 1.54) is 6.07 Å². The number of nitrogens with zero attached hydrogens (tertiary/aromatic N) is 1. The van der Waals surface area contributed by atoms with Crippen molar-refractivity contribution in [2.45, 2.75) is 19.3 Å². The summed E-state index contributed by atoms with van der Waals surface area (Å²) in [7, 11) is 1.56. The van der Waals surface area contributed by atoms with E-state index in [1.54, 1.807) is 13.2 Å². The molecule has 0 saturated heterocycles. The van der Waals surface area contributed by atoms with Crippen molar-refractivity contribution in [2.24, 2.45) is 5.84 Å². The molecule has 0 amide bonds. The number of benzene rings is 1. The van der Waals surface area contributed by atoms with Gasteiger partial charge in [-0.3, -0.25) is 5.84 Å². The Hall–Kier alpha value is -1.88. The van der Waals surface area contributed by atoms with Gasteiger partial charge >= 0.3 is 0 Å². The molecule has 0 atom stereocenters. The molecule has 0 unspecified atom stereocenters. The molecule has 0 radical (unpaired) electrons. The minimum absolute atomic E-state index is 0.322. The number of aromatic nitrogens is 1. The van der Waals surface area contributed by atoms with Gasteiger partial charge in [0.2, 0.25) is 0 Å². The van der Waals surface area contributed by atoms with E-state index in [0.717, 1.165) is 36.2 Å². The van der Waals surface area contributed by atoms with Crippen LogP contribution in [0.4, 0.5) is 10.1 Å². The number of halogens is 1. The zero-order valence-corrected chi connectivity index (χ0v) is 10.1. The Bertz CT molecular complexity index is 627. The van der Waals surface area contributed by atoms with Crippen LogP contribution in [0.15, 0.2) is 12.1 Å². The lowest BCUT2D eigenvalue weighted by atomic mass is 10.1. The molecule has 0 spiro atoms. The van der Waals surface area contributed by atoms with Gasteiger partial charge in [-0.2, -0.15) is 0 Å². The summed E-state index contributed by atoms with van der Waals surface area (Å²) in [5, 5.41) is 0.626. The van der Waals surface area contributed by atoms with Gasteiger partial charge < -0.3 is 10.2 Å². The maximum Gasteiger partial charge on any atom is 0.149 e. The van der Waals surface area contributed by atoms with Crippen LogP contribution in [0.5, 0.6) is 5.75 Å². The molecule has 1 aliphatic carbocycles. The maximum atomic E-state index is 13.9. The van der Waals surface area contributed by atoms with Crippen molar-refractivity contribution in [3.63, 3.8) is 0 Å². The summed E-state index contributed by atoms with van der Waals surface area (Å²) in [5.41, 5.74) is 5.76. The highest BCUT2D eigenvalue weighted by molar-refractivity contribution is 5.98. The fraction of sp³-hybridized carbons (Fsp3) is 0.308. The van der Waals surface area contributed by atoms with Crippen LogP contribution in [0.25, 0.3) is 10.9 Å². The summed E-state index contributed by atoms with van der Waals surface area (Å²) in [6.07, 6.45) is 2.81. The van der Waals surface area contributed by atoms with Crippen molar-refractivity contribution in [2.75, 3.05) is 12.5 Å². The summed E-state index contributed by atoms with van der Waals surface area (Å²) in [4.78, 5) is 4.42. The third kappa shape index (κ3) is 1.44. The average molecular weight is 247 g/mol. The number of fused-ring (bicyclic) bond motifs is 2. The predicted octanol–water partition coefficient (Wildman–Crippen LogP) is 2.16. The average Bonchev–Trinajstić information content (AvgIpc) is 2.85. The van der Waals surface area contributed by atoms with Crippen molar-refractivity contribution in [1.29, 1.82) is 0 Å². The Morgan fingerprint density at radius 1 is 1.39 bits per heavy atom. The molecule has 1 aliphatic rings. The van der Waals surface area contributed by atoms with Crippen LogP contribution >= 0.6 is 0 Å². The van der Waals surface area contributed by atoms with Crippen LogP contribution in [-0.2, 0) is 12.8 Å². The summed E-state index contributed by atoms with van der Waals surface area (Å²) < 4.78 is 19.2. The number of nitrogens with two attached hydrogens (primary N) is 1. The molecule has 0 fully saturated rings. The summed E-state index contributed by atoms with van der Waals surface area (Å²) in [6.45, 7) is 0. The quantitative estimate of drug-likeness (QED) is 0.630. The Balaban J connectivity index is 2.46. The van der Waals surface area contributed by atoms with Crippen LogP contribution in [0, 0.1) is 5.82 Å². The topological polar surface area (TPSA) is 60.2 Å². The molecular weight excluding hydrogens is 233 g/mol. The van der Waals surface area contributed by atoms with Gasteiger partial charge in [0.05, 0.1) is 18.2 Å². The number of hydrogen-bond donors (Lipinski definition) is 2. The van der Waals surface area contributed by atoms with Gasteiger partial charge in [-0.1, -0.05) is 0 Å². The highest BCUT2D eigenvalue weighted by Crippen LogP contribution is 2.39. The number of hydrogen-bond acceptors (Lipinski definition) is 4. The molecule has 0 aliphatic heterocycles. The molecule has 5 heteroatoms. The third-order valence-corrected chi connectivity index (χ3v) is 3.44. The molecule has 3 rings (SSSR count). The number of hydrazine groups is 1. The Morgan fingerprint density at radius 2 is 2.22 bits per heavy atom. The Morgan fingerprint density at radius 3 is 2.94 bits per heavy atom. The van der Waals surface area contributed by atoms with Crippen LogP contribution < -0.4 is 16.0 Å². The lowest BCUT2D eigenvalue weighted by molar-refractivity contribution is 0.419. The van der Waals surface area contributed by atoms with E-state index in [1.807, 2.05) is 0 Å². The Kier molecular flexibility index (Phi) is 2.56. The number of ether oxygens (including phenoxy) is 1. The third-order valence-electron chi connectivity index (χ3n) is 3.44. The van der Waals surface area contributed by atoms with Gasteiger partial charge in [0.1, 0.15) is 17.1 Å². The SMILES string of the molecule is COc1ccc(F)c2nc3c(c(NN)c12)CCC3. The summed E-state index contributed by atoms with van der Waals surface area (Å²) in [6, 6.07) is 2.97. The first-order chi connectivity index (χ1) is 8.76. The lowest BCUT2D eigenvalue weighted by Gasteiger charge is -2.14. The number of nitrogens with one attached hydrogen (secondary N) is 1.